The van der Waals surface area contributed by atoms with E-state index in [0.717, 1.165) is 69.4 Å². The van der Waals surface area contributed by atoms with Crippen molar-refractivity contribution in [1.82, 2.24) is 20.1 Å². The number of primary amides is 1. The molecule has 9 rings (SSSR count). The standard InChI is InChI=1S/C49H61FN6O5/c1-7-58-46-43(24-38-39(50)14-15-40(38)53-46)60-42-23-33(12-13-37(42)45(51)57)55-18-16-49(17-19-55)25-34(26-49)56-21-20-54(28-41(56)36-11-9-8-10-35(36)30(2)3)27-32-22-31(4)52-47-44(32)59-29-48(5,6)61-47/h8-14,22-24,30-31,34,41,52H,7,15-21,25-29H2,1-6H3,(H2,51,57). The molecule has 5 heterocycles. The van der Waals surface area contributed by atoms with Gasteiger partial charge in [0.15, 0.2) is 11.5 Å². The number of amides is 1. The van der Waals surface area contributed by atoms with Gasteiger partial charge in [0, 0.05) is 86.7 Å². The zero-order valence-corrected chi connectivity index (χ0v) is 36.6. The Morgan fingerprint density at radius 2 is 1.85 bits per heavy atom. The molecule has 0 radical (unpaired) electrons. The maximum Gasteiger partial charge on any atom is 0.257 e. The van der Waals surface area contributed by atoms with Crippen LogP contribution in [-0.4, -0.2) is 90.9 Å². The van der Waals surface area contributed by atoms with Crippen molar-refractivity contribution in [3.63, 3.8) is 0 Å². The van der Waals surface area contributed by atoms with Crippen molar-refractivity contribution in [2.45, 2.75) is 103 Å². The zero-order valence-electron chi connectivity index (χ0n) is 36.6. The van der Waals surface area contributed by atoms with E-state index in [-0.39, 0.29) is 34.7 Å². The van der Waals surface area contributed by atoms with Crippen LogP contribution in [-0.2, 0) is 15.9 Å². The van der Waals surface area contributed by atoms with Crippen LogP contribution in [0.3, 0.4) is 0 Å². The van der Waals surface area contributed by atoms with E-state index in [1.807, 2.05) is 19.1 Å². The largest absolute Gasteiger partial charge is 0.484 e. The van der Waals surface area contributed by atoms with Crippen molar-refractivity contribution in [1.29, 1.82) is 0 Å². The quantitative estimate of drug-likeness (QED) is 0.195. The first-order chi connectivity index (χ1) is 29.3. The van der Waals surface area contributed by atoms with Gasteiger partial charge in [0.25, 0.3) is 11.8 Å². The van der Waals surface area contributed by atoms with Gasteiger partial charge in [-0.2, -0.15) is 0 Å². The van der Waals surface area contributed by atoms with Crippen LogP contribution in [0.25, 0.3) is 5.83 Å². The molecule has 61 heavy (non-hydrogen) atoms. The molecule has 2 aromatic carbocycles. The van der Waals surface area contributed by atoms with Gasteiger partial charge in [0.05, 0.1) is 17.9 Å². The molecule has 3 fully saturated rings. The summed E-state index contributed by atoms with van der Waals surface area (Å²) in [4.78, 5) is 25.0. The van der Waals surface area contributed by atoms with Crippen molar-refractivity contribution in [3.8, 4) is 17.4 Å². The second-order valence-electron chi connectivity index (χ2n) is 18.9. The highest BCUT2D eigenvalue weighted by Crippen LogP contribution is 2.53. The summed E-state index contributed by atoms with van der Waals surface area (Å²) >= 11 is 0. The third-order valence-corrected chi connectivity index (χ3v) is 13.6. The highest BCUT2D eigenvalue weighted by Gasteiger charge is 2.50. The number of carbonyl (C=O) groups is 1. The molecule has 3 aromatic rings. The fourth-order valence-electron chi connectivity index (χ4n) is 10.5. The number of fused-ring (bicyclic) bond motifs is 1. The summed E-state index contributed by atoms with van der Waals surface area (Å²) in [5, 5.41) is 3.49. The summed E-state index contributed by atoms with van der Waals surface area (Å²) < 4.78 is 39.5. The molecule has 1 saturated carbocycles. The molecular weight excluding hydrogens is 772 g/mol. The molecule has 2 atom stereocenters. The first-order valence-electron chi connectivity index (χ1n) is 22.3. The van der Waals surface area contributed by atoms with Gasteiger partial charge in [-0.3, -0.25) is 14.6 Å². The number of nitrogens with one attached hydrogen (secondary N) is 1. The highest BCUT2D eigenvalue weighted by atomic mass is 19.1. The number of piperazine rings is 1. The van der Waals surface area contributed by atoms with Crippen molar-refractivity contribution in [2.24, 2.45) is 11.1 Å². The minimum absolute atomic E-state index is 0.165. The summed E-state index contributed by atoms with van der Waals surface area (Å²) in [6.45, 7) is 19.3. The van der Waals surface area contributed by atoms with E-state index < -0.39 is 5.91 Å². The summed E-state index contributed by atoms with van der Waals surface area (Å²) in [7, 11) is 0. The topological polar surface area (TPSA) is 115 Å². The predicted octanol–water partition coefficient (Wildman–Crippen LogP) is 8.38. The number of hydrogen-bond donors (Lipinski definition) is 2. The van der Waals surface area contributed by atoms with Gasteiger partial charge in [0.2, 0.25) is 5.88 Å². The maximum absolute atomic E-state index is 14.6. The van der Waals surface area contributed by atoms with Crippen LogP contribution in [0.2, 0.25) is 0 Å². The Bertz CT molecular complexity index is 2270. The van der Waals surface area contributed by atoms with Gasteiger partial charge in [-0.1, -0.05) is 44.2 Å². The highest BCUT2D eigenvalue weighted by molar-refractivity contribution is 5.96. The third-order valence-electron chi connectivity index (χ3n) is 13.6. The number of rotatable bonds is 11. The molecule has 1 aromatic heterocycles. The van der Waals surface area contributed by atoms with Crippen LogP contribution in [0, 0.1) is 5.41 Å². The number of aromatic nitrogens is 1. The van der Waals surface area contributed by atoms with E-state index >= 15 is 0 Å². The molecule has 4 aliphatic heterocycles. The van der Waals surface area contributed by atoms with Crippen LogP contribution in [0.15, 0.2) is 77.9 Å². The molecule has 2 aliphatic carbocycles. The fourth-order valence-corrected chi connectivity index (χ4v) is 10.5. The average Bonchev–Trinajstić information content (AvgIpc) is 3.58. The number of nitrogens with two attached hydrogens (primary N) is 1. The normalized spacial score (nSPS) is 23.6. The Morgan fingerprint density at radius 1 is 1.07 bits per heavy atom. The summed E-state index contributed by atoms with van der Waals surface area (Å²) in [5.74, 6) is 1.93. The van der Waals surface area contributed by atoms with Crippen molar-refractivity contribution in [2.75, 3.05) is 57.4 Å². The van der Waals surface area contributed by atoms with Gasteiger partial charge in [-0.25, -0.2) is 9.37 Å². The van der Waals surface area contributed by atoms with Crippen LogP contribution in [0.5, 0.6) is 17.4 Å². The Hall–Kier alpha value is -5.07. The van der Waals surface area contributed by atoms with E-state index in [0.29, 0.717) is 60.1 Å². The Morgan fingerprint density at radius 3 is 2.61 bits per heavy atom. The molecule has 324 valence electrons. The zero-order chi connectivity index (χ0) is 42.6. The van der Waals surface area contributed by atoms with Crippen molar-refractivity contribution < 1.29 is 28.1 Å². The summed E-state index contributed by atoms with van der Waals surface area (Å²) in [6, 6.07) is 17.2. The third kappa shape index (κ3) is 8.21. The predicted molar refractivity (Wildman–Crippen MR) is 235 cm³/mol. The lowest BCUT2D eigenvalue weighted by Gasteiger charge is -2.58. The molecule has 11 nitrogen and oxygen atoms in total. The number of pyridine rings is 1. The number of benzene rings is 2. The summed E-state index contributed by atoms with van der Waals surface area (Å²) in [6.07, 6.45) is 8.76. The van der Waals surface area contributed by atoms with Crippen molar-refractivity contribution in [3.05, 3.63) is 106 Å². The fraction of sp³-hybridized carbons (Fsp3) is 0.510. The van der Waals surface area contributed by atoms with Crippen LogP contribution < -0.4 is 25.4 Å². The molecule has 2 unspecified atom stereocenters. The van der Waals surface area contributed by atoms with Gasteiger partial charge < -0.3 is 34.9 Å². The van der Waals surface area contributed by atoms with E-state index in [9.17, 15) is 9.18 Å². The van der Waals surface area contributed by atoms with E-state index in [1.54, 1.807) is 12.1 Å². The lowest BCUT2D eigenvalue weighted by atomic mass is 9.59. The number of hydrogen-bond acceptors (Lipinski definition) is 10. The Kier molecular flexibility index (Phi) is 11.0. The molecule has 3 N–H and O–H groups in total. The number of dihydropyridines is 1. The van der Waals surface area contributed by atoms with Gasteiger partial charge in [-0.05, 0) is 100 Å². The van der Waals surface area contributed by atoms with E-state index in [4.69, 9.17) is 24.7 Å². The van der Waals surface area contributed by atoms with Gasteiger partial charge >= 0.3 is 0 Å². The lowest BCUT2D eigenvalue weighted by Crippen LogP contribution is -2.60. The molecule has 2 saturated heterocycles. The smallest absolute Gasteiger partial charge is 0.257 e. The second-order valence-corrected chi connectivity index (χ2v) is 18.9. The molecule has 12 heteroatoms. The summed E-state index contributed by atoms with van der Waals surface area (Å²) in [5.41, 5.74) is 12.0. The van der Waals surface area contributed by atoms with Crippen LogP contribution in [0.1, 0.15) is 112 Å². The molecule has 0 bridgehead atoms. The first-order valence-corrected chi connectivity index (χ1v) is 22.3. The number of carbonyl (C=O) groups excluding carboxylic acids is 1. The Balaban J connectivity index is 0.890. The Labute approximate surface area is 359 Å². The van der Waals surface area contributed by atoms with E-state index in [2.05, 4.69) is 90.0 Å². The first kappa shape index (κ1) is 41.3. The van der Waals surface area contributed by atoms with Gasteiger partial charge in [0.1, 0.15) is 23.8 Å². The number of ether oxygens (including phenoxy) is 4. The number of nitrogens with zero attached hydrogens (tertiary/aromatic N) is 4. The maximum atomic E-state index is 14.6. The minimum Gasteiger partial charge on any atom is -0.484 e. The number of halogens is 1. The molecule has 1 amide bonds. The number of piperidine rings is 1. The SMILES string of the molecule is CCOc1nc2c(cc1Oc1cc(N3CCC4(CC3)CC(N3CCN(CC5=CC(C)NC6=C5OCC(C)(C)O6)CC3c3ccccc3C(C)C)C4)ccc1C(N)=O)C(F)=CC2. The van der Waals surface area contributed by atoms with Gasteiger partial charge in [-0.15, -0.1) is 0 Å². The number of allylic oxidation sites excluding steroid dienone is 1. The lowest BCUT2D eigenvalue weighted by molar-refractivity contribution is -0.0726. The average molecular weight is 833 g/mol. The second kappa shape index (κ2) is 16.3. The molecule has 1 spiro atoms. The van der Waals surface area contributed by atoms with Crippen LogP contribution >= 0.6 is 0 Å². The molecular formula is C49H61FN6O5. The number of anilines is 1. The van der Waals surface area contributed by atoms with Crippen LogP contribution in [0.4, 0.5) is 10.1 Å². The monoisotopic (exact) mass is 832 g/mol. The molecule has 6 aliphatic rings. The van der Waals surface area contributed by atoms with Crippen molar-refractivity contribution >= 4 is 17.4 Å². The minimum atomic E-state index is -0.602. The van der Waals surface area contributed by atoms with E-state index in [1.165, 1.54) is 35.6 Å².